The second kappa shape index (κ2) is 11.0. The third-order valence-electron chi connectivity index (χ3n) is 4.77. The maximum absolute atomic E-state index is 11.0. The van der Waals surface area contributed by atoms with Crippen LogP contribution in [0.15, 0.2) is 43.0 Å². The van der Waals surface area contributed by atoms with Crippen LogP contribution in [0.4, 0.5) is 0 Å². The van der Waals surface area contributed by atoms with Gasteiger partial charge in [0.2, 0.25) is 0 Å². The Kier molecular flexibility index (Phi) is 8.69. The van der Waals surface area contributed by atoms with Gasteiger partial charge in [-0.25, -0.2) is 4.98 Å². The Balaban J connectivity index is 1.77. The zero-order valence-corrected chi connectivity index (χ0v) is 16.4. The molecule has 1 unspecified atom stereocenters. The fourth-order valence-corrected chi connectivity index (χ4v) is 3.28. The van der Waals surface area contributed by atoms with Crippen LogP contribution in [0.25, 0.3) is 0 Å². The second-order valence-electron chi connectivity index (χ2n) is 7.33. The topological polar surface area (TPSA) is 47.3 Å². The lowest BCUT2D eigenvalue weighted by Gasteiger charge is -2.26. The summed E-state index contributed by atoms with van der Waals surface area (Å²) in [7, 11) is 0. The lowest BCUT2D eigenvalue weighted by molar-refractivity contribution is 0.0351. The lowest BCUT2D eigenvalue weighted by atomic mass is 9.95. The molecule has 1 aromatic carbocycles. The molecule has 0 fully saturated rings. The van der Waals surface area contributed by atoms with Crippen LogP contribution in [0, 0.1) is 0 Å². The Hall–Kier alpha value is -1.81. The van der Waals surface area contributed by atoms with Crippen molar-refractivity contribution in [3.63, 3.8) is 0 Å². The van der Waals surface area contributed by atoms with Gasteiger partial charge in [-0.2, -0.15) is 0 Å². The van der Waals surface area contributed by atoms with E-state index in [2.05, 4.69) is 11.9 Å². The Morgan fingerprint density at radius 2 is 1.73 bits per heavy atom. The van der Waals surface area contributed by atoms with Crippen LogP contribution in [-0.4, -0.2) is 21.3 Å². The maximum atomic E-state index is 11.0. The third kappa shape index (κ3) is 6.83. The predicted octanol–water partition coefficient (Wildman–Crippen LogP) is 5.31. The summed E-state index contributed by atoms with van der Waals surface area (Å²) in [6.45, 7) is 5.23. The fraction of sp³-hybridized carbons (Fsp3) is 0.591. The van der Waals surface area contributed by atoms with Gasteiger partial charge in [0, 0.05) is 18.0 Å². The van der Waals surface area contributed by atoms with Crippen molar-refractivity contribution in [3.8, 4) is 5.75 Å². The molecule has 0 saturated carbocycles. The van der Waals surface area contributed by atoms with Crippen LogP contribution in [0.2, 0.25) is 0 Å². The Bertz CT molecular complexity index is 608. The molecule has 0 bridgehead atoms. The molecule has 0 saturated heterocycles. The number of ether oxygens (including phenoxy) is 1. The summed E-state index contributed by atoms with van der Waals surface area (Å²) in [5.41, 5.74) is -0.176. The normalized spacial score (nSPS) is 13.5. The van der Waals surface area contributed by atoms with E-state index in [9.17, 15) is 5.11 Å². The van der Waals surface area contributed by atoms with Crippen LogP contribution in [0.5, 0.6) is 5.75 Å². The van der Waals surface area contributed by atoms with Crippen molar-refractivity contribution in [2.75, 3.05) is 6.61 Å². The van der Waals surface area contributed by atoms with E-state index in [1.165, 1.54) is 44.9 Å². The Morgan fingerprint density at radius 1 is 1.04 bits per heavy atom. The average Bonchev–Trinajstić information content (AvgIpc) is 3.13. The SMILES string of the molecule is CCCCCCCCCCOc1ccccc1C(C)(O)Cn1ccnc1. The van der Waals surface area contributed by atoms with Crippen LogP contribution >= 0.6 is 0 Å². The molecule has 1 heterocycles. The molecule has 0 aliphatic rings. The number of unbranched alkanes of at least 4 members (excludes halogenated alkanes) is 7. The minimum absolute atomic E-state index is 0.450. The maximum Gasteiger partial charge on any atom is 0.125 e. The van der Waals surface area contributed by atoms with Crippen molar-refractivity contribution in [2.45, 2.75) is 77.4 Å². The van der Waals surface area contributed by atoms with E-state index in [4.69, 9.17) is 4.74 Å². The summed E-state index contributed by atoms with van der Waals surface area (Å²) in [6, 6.07) is 7.79. The van der Waals surface area contributed by atoms with E-state index < -0.39 is 5.60 Å². The number of benzene rings is 1. The number of hydrogen-bond donors (Lipinski definition) is 1. The lowest BCUT2D eigenvalue weighted by Crippen LogP contribution is -2.28. The molecule has 0 spiro atoms. The first kappa shape index (κ1) is 20.5. The van der Waals surface area contributed by atoms with E-state index >= 15 is 0 Å². The zero-order valence-electron chi connectivity index (χ0n) is 16.4. The predicted molar refractivity (Wildman–Crippen MR) is 106 cm³/mol. The molecule has 1 N–H and O–H groups in total. The summed E-state index contributed by atoms with van der Waals surface area (Å²) < 4.78 is 7.89. The smallest absolute Gasteiger partial charge is 0.125 e. The van der Waals surface area contributed by atoms with Gasteiger partial charge in [0.25, 0.3) is 0 Å². The number of nitrogens with zero attached hydrogens (tertiary/aromatic N) is 2. The summed E-state index contributed by atoms with van der Waals surface area (Å²) >= 11 is 0. The first-order chi connectivity index (χ1) is 12.6. The average molecular weight is 359 g/mol. The van der Waals surface area contributed by atoms with Crippen LogP contribution in [0.3, 0.4) is 0 Å². The Labute approximate surface area is 158 Å². The number of imidazole rings is 1. The molecular weight excluding hydrogens is 324 g/mol. The van der Waals surface area contributed by atoms with E-state index in [0.717, 1.165) is 17.7 Å². The summed E-state index contributed by atoms with van der Waals surface area (Å²) in [5, 5.41) is 11.0. The highest BCUT2D eigenvalue weighted by Crippen LogP contribution is 2.31. The van der Waals surface area contributed by atoms with Gasteiger partial charge in [0.05, 0.1) is 19.5 Å². The van der Waals surface area contributed by atoms with E-state index in [0.29, 0.717) is 13.2 Å². The molecule has 4 heteroatoms. The molecule has 2 aromatic rings. The highest BCUT2D eigenvalue weighted by atomic mass is 16.5. The van der Waals surface area contributed by atoms with Crippen molar-refractivity contribution >= 4 is 0 Å². The van der Waals surface area contributed by atoms with Crippen molar-refractivity contribution in [1.29, 1.82) is 0 Å². The van der Waals surface area contributed by atoms with Gasteiger partial charge >= 0.3 is 0 Å². The monoisotopic (exact) mass is 358 g/mol. The summed E-state index contributed by atoms with van der Waals surface area (Å²) in [5.74, 6) is 0.778. The van der Waals surface area contributed by atoms with Crippen molar-refractivity contribution in [3.05, 3.63) is 48.5 Å². The number of para-hydroxylation sites is 1. The highest BCUT2D eigenvalue weighted by Gasteiger charge is 2.27. The van der Waals surface area contributed by atoms with Gasteiger partial charge in [-0.3, -0.25) is 0 Å². The van der Waals surface area contributed by atoms with Crippen LogP contribution < -0.4 is 4.74 Å². The largest absolute Gasteiger partial charge is 0.493 e. The van der Waals surface area contributed by atoms with Crippen molar-refractivity contribution in [2.24, 2.45) is 0 Å². The first-order valence-electron chi connectivity index (χ1n) is 10.0. The van der Waals surface area contributed by atoms with Crippen molar-refractivity contribution < 1.29 is 9.84 Å². The molecule has 2 rings (SSSR count). The van der Waals surface area contributed by atoms with Crippen LogP contribution in [-0.2, 0) is 12.1 Å². The molecule has 0 aliphatic carbocycles. The summed E-state index contributed by atoms with van der Waals surface area (Å²) in [4.78, 5) is 4.04. The minimum Gasteiger partial charge on any atom is -0.493 e. The molecule has 1 aromatic heterocycles. The van der Waals surface area contributed by atoms with Gasteiger partial charge in [0.1, 0.15) is 11.4 Å². The van der Waals surface area contributed by atoms with Crippen molar-refractivity contribution in [1.82, 2.24) is 9.55 Å². The number of aliphatic hydroxyl groups is 1. The molecule has 144 valence electrons. The molecular formula is C22H34N2O2. The molecule has 0 radical (unpaired) electrons. The van der Waals surface area contributed by atoms with Crippen LogP contribution in [0.1, 0.15) is 70.8 Å². The molecule has 26 heavy (non-hydrogen) atoms. The van der Waals surface area contributed by atoms with Gasteiger partial charge < -0.3 is 14.4 Å². The van der Waals surface area contributed by atoms with Gasteiger partial charge in [-0.15, -0.1) is 0 Å². The van der Waals surface area contributed by atoms with Gasteiger partial charge in [-0.1, -0.05) is 70.1 Å². The minimum atomic E-state index is -1.00. The second-order valence-corrected chi connectivity index (χ2v) is 7.33. The zero-order chi connectivity index (χ0) is 18.7. The number of hydrogen-bond acceptors (Lipinski definition) is 3. The standard InChI is InChI=1S/C22H34N2O2/c1-3-4-5-6-7-8-9-12-17-26-21-14-11-10-13-20(21)22(2,25)18-24-16-15-23-19-24/h10-11,13-16,19,25H,3-9,12,17-18H2,1-2H3. The Morgan fingerprint density at radius 3 is 2.42 bits per heavy atom. The fourth-order valence-electron chi connectivity index (χ4n) is 3.28. The highest BCUT2D eigenvalue weighted by molar-refractivity contribution is 5.37. The van der Waals surface area contributed by atoms with Gasteiger partial charge in [-0.05, 0) is 19.4 Å². The molecule has 0 aliphatic heterocycles. The first-order valence-corrected chi connectivity index (χ1v) is 10.0. The number of rotatable bonds is 13. The molecule has 1 atom stereocenters. The van der Waals surface area contributed by atoms with E-state index in [-0.39, 0.29) is 0 Å². The van der Waals surface area contributed by atoms with E-state index in [1.807, 2.05) is 42.0 Å². The third-order valence-corrected chi connectivity index (χ3v) is 4.77. The molecule has 4 nitrogen and oxygen atoms in total. The molecule has 0 amide bonds. The number of aromatic nitrogens is 2. The van der Waals surface area contributed by atoms with E-state index in [1.54, 1.807) is 12.5 Å². The summed E-state index contributed by atoms with van der Waals surface area (Å²) in [6.07, 6.45) is 15.6. The van der Waals surface area contributed by atoms with Gasteiger partial charge in [0.15, 0.2) is 0 Å². The quantitative estimate of drug-likeness (QED) is 0.494.